The molecule has 0 bridgehead atoms. The van der Waals surface area contributed by atoms with Gasteiger partial charge in [0.05, 0.1) is 26.2 Å². The third kappa shape index (κ3) is 5.08. The Balaban J connectivity index is 1.33. The molecule has 5 rings (SSSR count). The number of aromatic amines is 1. The summed E-state index contributed by atoms with van der Waals surface area (Å²) >= 11 is 0. The predicted octanol–water partition coefficient (Wildman–Crippen LogP) is 4.36. The van der Waals surface area contributed by atoms with Crippen molar-refractivity contribution in [1.82, 2.24) is 29.8 Å². The summed E-state index contributed by atoms with van der Waals surface area (Å²) in [5, 5.41) is 7.12. The van der Waals surface area contributed by atoms with Crippen molar-refractivity contribution in [2.24, 2.45) is 7.05 Å². The minimum Gasteiger partial charge on any atom is -0.497 e. The maximum atomic E-state index is 12.9. The fourth-order valence-electron chi connectivity index (χ4n) is 4.12. The zero-order valence-electron chi connectivity index (χ0n) is 21.0. The molecule has 0 aliphatic heterocycles. The fraction of sp³-hybridized carbons (Fsp3) is 0.185. The third-order valence-corrected chi connectivity index (χ3v) is 5.98. The van der Waals surface area contributed by atoms with E-state index in [1.165, 1.54) is 0 Å². The Kier molecular flexibility index (Phi) is 6.46. The van der Waals surface area contributed by atoms with Crippen LogP contribution in [0, 0.1) is 6.92 Å². The quantitative estimate of drug-likeness (QED) is 0.291. The number of imidazole rings is 1. The van der Waals surface area contributed by atoms with Crippen LogP contribution < -0.4 is 20.1 Å². The largest absolute Gasteiger partial charge is 0.497 e. The van der Waals surface area contributed by atoms with E-state index in [1.807, 2.05) is 61.1 Å². The number of aryl methyl sites for hydroxylation is 2. The molecular formula is C27H27N7O3. The molecule has 3 heterocycles. The van der Waals surface area contributed by atoms with Gasteiger partial charge in [0.2, 0.25) is 5.95 Å². The molecule has 0 unspecified atom stereocenters. The molecule has 0 atom stereocenters. The first-order chi connectivity index (χ1) is 17.9. The van der Waals surface area contributed by atoms with Crippen molar-refractivity contribution in [2.75, 3.05) is 19.5 Å². The van der Waals surface area contributed by atoms with Gasteiger partial charge in [-0.3, -0.25) is 4.79 Å². The van der Waals surface area contributed by atoms with Crippen LogP contribution in [0.5, 0.6) is 11.5 Å². The number of hydrogen-bond donors (Lipinski definition) is 3. The summed E-state index contributed by atoms with van der Waals surface area (Å²) in [5.41, 5.74) is 5.51. The number of carbonyl (C=O) groups excluding carboxylic acids is 1. The summed E-state index contributed by atoms with van der Waals surface area (Å²) in [5.74, 6) is 1.59. The SMILES string of the molecule is COc1ccc(CNC(=O)c2cc3cc(Nc4nccc(-c5cn(C)cn5)n4)cc(C)c3[nH]2)c(OC)c1. The van der Waals surface area contributed by atoms with Gasteiger partial charge >= 0.3 is 0 Å². The zero-order valence-corrected chi connectivity index (χ0v) is 21.0. The lowest BCUT2D eigenvalue weighted by Gasteiger charge is -2.11. The summed E-state index contributed by atoms with van der Waals surface area (Å²) < 4.78 is 12.5. The van der Waals surface area contributed by atoms with Crippen LogP contribution in [0.15, 0.2) is 61.2 Å². The first kappa shape index (κ1) is 23.9. The number of aromatic nitrogens is 5. The smallest absolute Gasteiger partial charge is 0.267 e. The second-order valence-corrected chi connectivity index (χ2v) is 8.62. The number of anilines is 2. The van der Waals surface area contributed by atoms with Crippen LogP contribution >= 0.6 is 0 Å². The van der Waals surface area contributed by atoms with E-state index in [0.29, 0.717) is 29.7 Å². The van der Waals surface area contributed by atoms with Crippen molar-refractivity contribution < 1.29 is 14.3 Å². The van der Waals surface area contributed by atoms with Gasteiger partial charge in [-0.1, -0.05) is 0 Å². The van der Waals surface area contributed by atoms with Gasteiger partial charge in [-0.05, 0) is 48.9 Å². The number of rotatable bonds is 8. The molecule has 0 radical (unpaired) electrons. The van der Waals surface area contributed by atoms with Crippen molar-refractivity contribution in [2.45, 2.75) is 13.5 Å². The molecule has 0 spiro atoms. The molecule has 0 saturated heterocycles. The number of carbonyl (C=O) groups is 1. The van der Waals surface area contributed by atoms with Gasteiger partial charge in [-0.2, -0.15) is 0 Å². The van der Waals surface area contributed by atoms with Crippen molar-refractivity contribution in [3.63, 3.8) is 0 Å². The molecule has 0 saturated carbocycles. The maximum absolute atomic E-state index is 12.9. The number of benzene rings is 2. The maximum Gasteiger partial charge on any atom is 0.267 e. The lowest BCUT2D eigenvalue weighted by atomic mass is 10.1. The second kappa shape index (κ2) is 10.0. The van der Waals surface area contributed by atoms with Gasteiger partial charge in [0.1, 0.15) is 22.9 Å². The molecule has 37 heavy (non-hydrogen) atoms. The summed E-state index contributed by atoms with van der Waals surface area (Å²) in [4.78, 5) is 29.4. The van der Waals surface area contributed by atoms with Gasteiger partial charge < -0.3 is 29.7 Å². The minimum absolute atomic E-state index is 0.214. The van der Waals surface area contributed by atoms with Crippen LogP contribution in [0.25, 0.3) is 22.3 Å². The molecule has 1 amide bonds. The minimum atomic E-state index is -0.214. The van der Waals surface area contributed by atoms with Crippen molar-refractivity contribution in [1.29, 1.82) is 0 Å². The summed E-state index contributed by atoms with van der Waals surface area (Å²) in [6, 6.07) is 13.1. The van der Waals surface area contributed by atoms with Gasteiger partial charge in [-0.15, -0.1) is 0 Å². The van der Waals surface area contributed by atoms with E-state index >= 15 is 0 Å². The van der Waals surface area contributed by atoms with E-state index in [-0.39, 0.29) is 5.91 Å². The van der Waals surface area contributed by atoms with E-state index < -0.39 is 0 Å². The number of amides is 1. The Bertz CT molecular complexity index is 1590. The zero-order chi connectivity index (χ0) is 25.9. The third-order valence-electron chi connectivity index (χ3n) is 5.98. The van der Waals surface area contributed by atoms with E-state index in [1.54, 1.807) is 32.8 Å². The van der Waals surface area contributed by atoms with Crippen LogP contribution in [0.2, 0.25) is 0 Å². The van der Waals surface area contributed by atoms with Crippen molar-refractivity contribution >= 4 is 28.4 Å². The Hall–Kier alpha value is -4.86. The number of fused-ring (bicyclic) bond motifs is 1. The molecule has 0 fully saturated rings. The number of H-pyrrole nitrogens is 1. The van der Waals surface area contributed by atoms with Gasteiger partial charge in [0, 0.05) is 54.2 Å². The van der Waals surface area contributed by atoms with Crippen molar-refractivity contribution in [3.05, 3.63) is 78.0 Å². The Morgan fingerprint density at radius 2 is 1.92 bits per heavy atom. The highest BCUT2D eigenvalue weighted by Crippen LogP contribution is 2.27. The average Bonchev–Trinajstić information content (AvgIpc) is 3.54. The van der Waals surface area contributed by atoms with Crippen LogP contribution in [0.3, 0.4) is 0 Å². The normalized spacial score (nSPS) is 10.9. The molecule has 0 aliphatic carbocycles. The molecule has 5 aromatic rings. The van der Waals surface area contributed by atoms with Crippen LogP contribution in [-0.4, -0.2) is 44.6 Å². The number of nitrogens with one attached hydrogen (secondary N) is 3. The molecule has 3 N–H and O–H groups in total. The highest BCUT2D eigenvalue weighted by Gasteiger charge is 2.14. The Morgan fingerprint density at radius 3 is 2.68 bits per heavy atom. The summed E-state index contributed by atoms with van der Waals surface area (Å²) in [6.07, 6.45) is 5.33. The lowest BCUT2D eigenvalue weighted by Crippen LogP contribution is -2.23. The molecule has 3 aromatic heterocycles. The number of methoxy groups -OCH3 is 2. The number of hydrogen-bond acceptors (Lipinski definition) is 7. The molecule has 0 aliphatic rings. The van der Waals surface area contributed by atoms with Gasteiger partial charge in [0.25, 0.3) is 5.91 Å². The van der Waals surface area contributed by atoms with E-state index in [0.717, 1.165) is 39.1 Å². The molecule has 10 nitrogen and oxygen atoms in total. The topological polar surface area (TPSA) is 119 Å². The fourth-order valence-corrected chi connectivity index (χ4v) is 4.12. The van der Waals surface area contributed by atoms with E-state index in [9.17, 15) is 4.79 Å². The van der Waals surface area contributed by atoms with Crippen LogP contribution in [0.1, 0.15) is 21.6 Å². The van der Waals surface area contributed by atoms with Gasteiger partial charge in [-0.25, -0.2) is 15.0 Å². The van der Waals surface area contributed by atoms with Crippen LogP contribution in [0.4, 0.5) is 11.6 Å². The average molecular weight is 498 g/mol. The van der Waals surface area contributed by atoms with Gasteiger partial charge in [0.15, 0.2) is 0 Å². The first-order valence-electron chi connectivity index (χ1n) is 11.6. The Morgan fingerprint density at radius 1 is 1.05 bits per heavy atom. The molecule has 2 aromatic carbocycles. The highest BCUT2D eigenvalue weighted by atomic mass is 16.5. The first-order valence-corrected chi connectivity index (χ1v) is 11.6. The predicted molar refractivity (Wildman–Crippen MR) is 141 cm³/mol. The summed E-state index contributed by atoms with van der Waals surface area (Å²) in [6.45, 7) is 2.30. The van der Waals surface area contributed by atoms with E-state index in [4.69, 9.17) is 9.47 Å². The van der Waals surface area contributed by atoms with E-state index in [2.05, 4.69) is 30.6 Å². The number of ether oxygens (including phenoxy) is 2. The molecule has 10 heteroatoms. The second-order valence-electron chi connectivity index (χ2n) is 8.62. The monoisotopic (exact) mass is 497 g/mol. The van der Waals surface area contributed by atoms with Crippen molar-refractivity contribution in [3.8, 4) is 22.9 Å². The highest BCUT2D eigenvalue weighted by molar-refractivity contribution is 5.99. The van der Waals surface area contributed by atoms with Crippen LogP contribution in [-0.2, 0) is 13.6 Å². The summed E-state index contributed by atoms with van der Waals surface area (Å²) in [7, 11) is 5.10. The Labute approximate surface area is 213 Å². The number of nitrogens with zero attached hydrogens (tertiary/aromatic N) is 4. The lowest BCUT2D eigenvalue weighted by molar-refractivity contribution is 0.0946. The standard InChI is InChI=1S/C27H27N7O3/c1-16-9-19(31-27-28-8-7-21(33-27)23-14-34(2)15-30-23)10-18-11-22(32-25(16)18)26(35)29-13-17-5-6-20(36-3)12-24(17)37-4/h5-12,14-15,32H,13H2,1-4H3,(H,29,35)(H,28,31,33). The molecular weight excluding hydrogens is 470 g/mol. The molecule has 188 valence electrons.